The van der Waals surface area contributed by atoms with Gasteiger partial charge in [0.1, 0.15) is 0 Å². The number of alkyl halides is 1. The van der Waals surface area contributed by atoms with Crippen LogP contribution in [0.2, 0.25) is 0 Å². The third-order valence-corrected chi connectivity index (χ3v) is 2.15. The quantitative estimate of drug-likeness (QED) is 0.663. The Morgan fingerprint density at radius 1 is 1.62 bits per heavy atom. The molecule has 0 aliphatic carbocycles. The van der Waals surface area contributed by atoms with Crippen molar-refractivity contribution in [1.82, 2.24) is 0 Å². The molecule has 0 aromatic rings. The summed E-state index contributed by atoms with van der Waals surface area (Å²) in [6.07, 6.45) is 3.65. The van der Waals surface area contributed by atoms with Gasteiger partial charge in [-0.3, -0.25) is 0 Å². The van der Waals surface area contributed by atoms with Crippen LogP contribution in [0, 0.1) is 5.33 Å². The van der Waals surface area contributed by atoms with Gasteiger partial charge in [0.05, 0.1) is 0 Å². The predicted molar refractivity (Wildman–Crippen MR) is 45.5 cm³/mol. The summed E-state index contributed by atoms with van der Waals surface area (Å²) in [6, 6.07) is 0. The van der Waals surface area contributed by atoms with Crippen molar-refractivity contribution in [3.63, 3.8) is 0 Å². The smallest absolute Gasteiger partial charge is 0.0282 e. The van der Waals surface area contributed by atoms with Gasteiger partial charge < -0.3 is 0 Å². The maximum atomic E-state index is 3.54. The Morgan fingerprint density at radius 3 is 2.62 bits per heavy atom. The van der Waals surface area contributed by atoms with E-state index >= 15 is 0 Å². The van der Waals surface area contributed by atoms with Crippen molar-refractivity contribution in [3.8, 4) is 0 Å². The number of rotatable bonds is 4. The van der Waals surface area contributed by atoms with Gasteiger partial charge in [-0.2, -0.15) is 0 Å². The molecule has 0 aromatic carbocycles. The van der Waals surface area contributed by atoms with E-state index in [-0.39, 0.29) is 0 Å². The zero-order valence-electron chi connectivity index (χ0n) is 5.03. The van der Waals surface area contributed by atoms with Crippen molar-refractivity contribution >= 4 is 31.9 Å². The van der Waals surface area contributed by atoms with Crippen molar-refractivity contribution in [2.75, 3.05) is 0 Å². The maximum absolute atomic E-state index is 3.54. The highest BCUT2D eigenvalue weighted by Gasteiger charge is 1.98. The minimum absolute atomic E-state index is 0.673. The highest BCUT2D eigenvalue weighted by atomic mass is 79.9. The summed E-state index contributed by atoms with van der Waals surface area (Å²) in [4.78, 5) is 0.673. The molecule has 0 spiro atoms. The van der Waals surface area contributed by atoms with Gasteiger partial charge in [-0.1, -0.05) is 45.2 Å². The molecule has 0 fully saturated rings. The molecule has 8 heavy (non-hydrogen) atoms. The van der Waals surface area contributed by atoms with E-state index in [0.717, 1.165) is 6.42 Å². The van der Waals surface area contributed by atoms with Crippen LogP contribution in [0.25, 0.3) is 0 Å². The normalized spacial score (nSPS) is 13.9. The number of hydrogen-bond donors (Lipinski definition) is 0. The topological polar surface area (TPSA) is 0 Å². The Kier molecular flexibility index (Phi) is 6.82. The molecule has 0 heterocycles. The van der Waals surface area contributed by atoms with Gasteiger partial charge in [0, 0.05) is 10.2 Å². The van der Waals surface area contributed by atoms with E-state index in [4.69, 9.17) is 0 Å². The van der Waals surface area contributed by atoms with Gasteiger partial charge in [-0.15, -0.1) is 0 Å². The number of hydrogen-bond acceptors (Lipinski definition) is 0. The predicted octanol–water partition coefficient (Wildman–Crippen LogP) is 3.50. The molecule has 1 atom stereocenters. The molecular formula is C6H11Br2. The lowest BCUT2D eigenvalue weighted by Crippen LogP contribution is -1.93. The molecule has 0 aromatic heterocycles. The molecule has 1 unspecified atom stereocenters. The van der Waals surface area contributed by atoms with Crippen LogP contribution in [0.15, 0.2) is 0 Å². The fraction of sp³-hybridized carbons (Fsp3) is 0.833. The molecule has 2 heteroatoms. The second-order valence-corrected chi connectivity index (χ2v) is 3.72. The first-order valence-corrected chi connectivity index (χ1v) is 4.70. The zero-order valence-corrected chi connectivity index (χ0v) is 8.20. The summed E-state index contributed by atoms with van der Waals surface area (Å²) in [6.45, 7) is 2.20. The average Bonchev–Trinajstić information content (AvgIpc) is 1.68. The van der Waals surface area contributed by atoms with E-state index in [2.05, 4.69) is 38.8 Å². The minimum atomic E-state index is 0.673. The molecule has 0 rings (SSSR count). The monoisotopic (exact) mass is 241 g/mol. The second kappa shape index (κ2) is 6.09. The molecule has 0 aliphatic rings. The molecular weight excluding hydrogens is 232 g/mol. The van der Waals surface area contributed by atoms with Crippen LogP contribution in [0.3, 0.4) is 0 Å². The molecule has 0 saturated carbocycles. The molecule has 1 radical (unpaired) electrons. The Bertz CT molecular complexity index is 39.8. The van der Waals surface area contributed by atoms with Crippen LogP contribution in [-0.2, 0) is 0 Å². The maximum Gasteiger partial charge on any atom is 0.0282 e. The van der Waals surface area contributed by atoms with Gasteiger partial charge in [0.2, 0.25) is 0 Å². The van der Waals surface area contributed by atoms with Crippen molar-refractivity contribution in [3.05, 3.63) is 5.33 Å². The first kappa shape index (κ1) is 8.96. The lowest BCUT2D eigenvalue weighted by Gasteiger charge is -2.02. The van der Waals surface area contributed by atoms with Crippen molar-refractivity contribution in [1.29, 1.82) is 0 Å². The van der Waals surface area contributed by atoms with Crippen molar-refractivity contribution in [2.24, 2.45) is 0 Å². The lowest BCUT2D eigenvalue weighted by atomic mass is 10.2. The van der Waals surface area contributed by atoms with E-state index < -0.39 is 0 Å². The van der Waals surface area contributed by atoms with E-state index in [0.29, 0.717) is 4.83 Å². The van der Waals surface area contributed by atoms with E-state index in [1.54, 1.807) is 0 Å². The number of halogens is 2. The summed E-state index contributed by atoms with van der Waals surface area (Å²) in [5.74, 6) is 0. The second-order valence-electron chi connectivity index (χ2n) is 1.78. The van der Waals surface area contributed by atoms with E-state index in [1.807, 2.05) is 5.33 Å². The van der Waals surface area contributed by atoms with Crippen molar-refractivity contribution < 1.29 is 0 Å². The van der Waals surface area contributed by atoms with Gasteiger partial charge in [-0.05, 0) is 12.8 Å². The van der Waals surface area contributed by atoms with E-state index in [9.17, 15) is 0 Å². The van der Waals surface area contributed by atoms with Crippen molar-refractivity contribution in [2.45, 2.75) is 31.0 Å². The average molecular weight is 243 g/mol. The Hall–Kier alpha value is 0.960. The fourth-order valence-corrected chi connectivity index (χ4v) is 2.13. The van der Waals surface area contributed by atoms with Crippen LogP contribution in [0.1, 0.15) is 26.2 Å². The largest absolute Gasteiger partial charge is 0.0890 e. The summed E-state index contributed by atoms with van der Waals surface area (Å²) in [5.41, 5.74) is 0. The molecule has 0 nitrogen and oxygen atoms in total. The molecule has 0 saturated heterocycles. The molecule has 49 valence electrons. The van der Waals surface area contributed by atoms with Gasteiger partial charge in [0.25, 0.3) is 0 Å². The summed E-state index contributed by atoms with van der Waals surface area (Å²) < 4.78 is 0. The Labute approximate surface area is 68.3 Å². The van der Waals surface area contributed by atoms with Gasteiger partial charge >= 0.3 is 0 Å². The SMILES string of the molecule is CCCC(Br)C[CH]Br. The molecule has 0 N–H and O–H groups in total. The molecule has 0 aliphatic heterocycles. The summed E-state index contributed by atoms with van der Waals surface area (Å²) >= 11 is 6.80. The first-order valence-electron chi connectivity index (χ1n) is 2.87. The van der Waals surface area contributed by atoms with Crippen LogP contribution in [0.5, 0.6) is 0 Å². The van der Waals surface area contributed by atoms with Crippen LogP contribution < -0.4 is 0 Å². The van der Waals surface area contributed by atoms with Crippen LogP contribution in [0.4, 0.5) is 0 Å². The Balaban J connectivity index is 2.92. The molecule has 0 amide bonds. The van der Waals surface area contributed by atoms with Crippen LogP contribution in [-0.4, -0.2) is 4.83 Å². The molecule has 0 bridgehead atoms. The van der Waals surface area contributed by atoms with E-state index in [1.165, 1.54) is 12.8 Å². The zero-order chi connectivity index (χ0) is 6.41. The van der Waals surface area contributed by atoms with Crippen LogP contribution >= 0.6 is 31.9 Å². The standard InChI is InChI=1S/C6H11Br2/c1-2-3-6(8)4-5-7/h5-6H,2-4H2,1H3. The summed E-state index contributed by atoms with van der Waals surface area (Å²) in [5, 5.41) is 2.02. The Morgan fingerprint density at radius 2 is 2.25 bits per heavy atom. The van der Waals surface area contributed by atoms with Gasteiger partial charge in [-0.25, -0.2) is 0 Å². The van der Waals surface area contributed by atoms with Gasteiger partial charge in [0.15, 0.2) is 0 Å². The third-order valence-electron chi connectivity index (χ3n) is 0.947. The minimum Gasteiger partial charge on any atom is -0.0890 e. The first-order chi connectivity index (χ1) is 3.81. The lowest BCUT2D eigenvalue weighted by molar-refractivity contribution is 0.752. The summed E-state index contributed by atoms with van der Waals surface area (Å²) in [7, 11) is 0. The highest BCUT2D eigenvalue weighted by molar-refractivity contribution is 9.10. The highest BCUT2D eigenvalue weighted by Crippen LogP contribution is 2.14. The fourth-order valence-electron chi connectivity index (χ4n) is 0.528. The third kappa shape index (κ3) is 5.10.